The number of unbranched alkanes of at least 4 members (excludes halogenated alkanes) is 7. The zero-order chi connectivity index (χ0) is 14.8. The van der Waals surface area contributed by atoms with E-state index in [1.54, 1.807) is 6.08 Å². The van der Waals surface area contributed by atoms with Gasteiger partial charge in [0.15, 0.2) is 0 Å². The Labute approximate surface area is 122 Å². The Bertz CT molecular complexity index is 344. The first-order valence-electron chi connectivity index (χ1n) is 7.91. The van der Waals surface area contributed by atoms with Crippen LogP contribution >= 0.6 is 0 Å². The van der Waals surface area contributed by atoms with E-state index in [1.807, 2.05) is 0 Å². The van der Waals surface area contributed by atoms with Crippen LogP contribution in [0.1, 0.15) is 64.7 Å². The van der Waals surface area contributed by atoms with Gasteiger partial charge in [0.2, 0.25) is 0 Å². The van der Waals surface area contributed by atoms with Gasteiger partial charge in [0.25, 0.3) is 0 Å². The minimum atomic E-state index is -0.859. The van der Waals surface area contributed by atoms with Crippen molar-refractivity contribution in [3.63, 3.8) is 0 Å². The number of hydrogen-bond acceptors (Lipinski definition) is 2. The normalized spacial score (nSPS) is 18.6. The molecule has 114 valence electrons. The molecule has 0 saturated carbocycles. The molecule has 0 aliphatic carbocycles. The molecule has 0 fully saturated rings. The number of hydrogen-bond donors (Lipinski definition) is 1. The van der Waals surface area contributed by atoms with Crippen LogP contribution in [0.5, 0.6) is 0 Å². The SMILES string of the molecule is C=CC1=C(C(=O)O)C(CCCCCCCCCC)OC1. The molecule has 1 aliphatic heterocycles. The zero-order valence-electron chi connectivity index (χ0n) is 12.7. The van der Waals surface area contributed by atoms with E-state index in [1.165, 1.54) is 44.9 Å². The van der Waals surface area contributed by atoms with Gasteiger partial charge in [-0.25, -0.2) is 4.79 Å². The third-order valence-corrected chi connectivity index (χ3v) is 3.90. The molecule has 0 saturated heterocycles. The van der Waals surface area contributed by atoms with E-state index in [2.05, 4.69) is 13.5 Å². The molecular weight excluding hydrogens is 252 g/mol. The third kappa shape index (κ3) is 5.49. The second kappa shape index (κ2) is 9.76. The predicted molar refractivity (Wildman–Crippen MR) is 81.8 cm³/mol. The van der Waals surface area contributed by atoms with Gasteiger partial charge in [0, 0.05) is 0 Å². The maximum absolute atomic E-state index is 11.2. The fourth-order valence-electron chi connectivity index (χ4n) is 2.69. The number of ether oxygens (including phenoxy) is 1. The lowest BCUT2D eigenvalue weighted by Crippen LogP contribution is -2.16. The van der Waals surface area contributed by atoms with Crippen LogP contribution in [0.3, 0.4) is 0 Å². The van der Waals surface area contributed by atoms with Gasteiger partial charge in [0.1, 0.15) is 0 Å². The van der Waals surface area contributed by atoms with E-state index in [4.69, 9.17) is 4.74 Å². The molecule has 1 aliphatic rings. The van der Waals surface area contributed by atoms with E-state index < -0.39 is 5.97 Å². The number of aliphatic carboxylic acids is 1. The van der Waals surface area contributed by atoms with Crippen molar-refractivity contribution >= 4 is 5.97 Å². The monoisotopic (exact) mass is 280 g/mol. The molecule has 3 nitrogen and oxygen atoms in total. The number of rotatable bonds is 11. The maximum atomic E-state index is 11.2. The summed E-state index contributed by atoms with van der Waals surface area (Å²) in [5, 5.41) is 9.22. The highest BCUT2D eigenvalue weighted by atomic mass is 16.5. The average Bonchev–Trinajstić information content (AvgIpc) is 2.85. The lowest BCUT2D eigenvalue weighted by molar-refractivity contribution is -0.133. The molecule has 0 spiro atoms. The van der Waals surface area contributed by atoms with Crippen LogP contribution in [-0.4, -0.2) is 23.8 Å². The molecule has 0 bridgehead atoms. The van der Waals surface area contributed by atoms with E-state index >= 15 is 0 Å². The summed E-state index contributed by atoms with van der Waals surface area (Å²) in [6.07, 6.45) is 12.2. The molecule has 0 aromatic rings. The van der Waals surface area contributed by atoms with Crippen molar-refractivity contribution < 1.29 is 14.6 Å². The second-order valence-electron chi connectivity index (χ2n) is 5.51. The number of carbonyl (C=O) groups is 1. The topological polar surface area (TPSA) is 46.5 Å². The van der Waals surface area contributed by atoms with Crippen LogP contribution in [0.4, 0.5) is 0 Å². The standard InChI is InChI=1S/C17H28O3/c1-3-5-6-7-8-9-10-11-12-15-16(17(18)19)14(4-2)13-20-15/h4,15H,2-3,5-13H2,1H3,(H,18,19). The van der Waals surface area contributed by atoms with E-state index in [0.29, 0.717) is 12.2 Å². The highest BCUT2D eigenvalue weighted by Gasteiger charge is 2.29. The molecule has 0 amide bonds. The fraction of sp³-hybridized carbons (Fsp3) is 0.706. The summed E-state index contributed by atoms with van der Waals surface area (Å²) in [4.78, 5) is 11.2. The van der Waals surface area contributed by atoms with Gasteiger partial charge >= 0.3 is 5.97 Å². The lowest BCUT2D eigenvalue weighted by atomic mass is 10.00. The Morgan fingerprint density at radius 1 is 1.25 bits per heavy atom. The van der Waals surface area contributed by atoms with Crippen molar-refractivity contribution in [2.75, 3.05) is 6.61 Å². The van der Waals surface area contributed by atoms with E-state index in [-0.39, 0.29) is 6.10 Å². The Balaban J connectivity index is 2.18. The first-order chi connectivity index (χ1) is 9.70. The van der Waals surface area contributed by atoms with Gasteiger partial charge < -0.3 is 9.84 Å². The van der Waals surface area contributed by atoms with Crippen molar-refractivity contribution in [3.05, 3.63) is 23.8 Å². The van der Waals surface area contributed by atoms with Gasteiger partial charge in [-0.1, -0.05) is 70.9 Å². The van der Waals surface area contributed by atoms with Gasteiger partial charge in [-0.15, -0.1) is 0 Å². The molecule has 3 heteroatoms. The summed E-state index contributed by atoms with van der Waals surface area (Å²) in [7, 11) is 0. The number of carboxylic acid groups (broad SMARTS) is 1. The molecule has 1 unspecified atom stereocenters. The van der Waals surface area contributed by atoms with Gasteiger partial charge in [0.05, 0.1) is 18.3 Å². The largest absolute Gasteiger partial charge is 0.478 e. The highest BCUT2D eigenvalue weighted by molar-refractivity contribution is 5.90. The van der Waals surface area contributed by atoms with Crippen LogP contribution in [0, 0.1) is 0 Å². The summed E-state index contributed by atoms with van der Waals surface area (Å²) >= 11 is 0. The first kappa shape index (κ1) is 17.0. The quantitative estimate of drug-likeness (QED) is 0.567. The lowest BCUT2D eigenvalue weighted by Gasteiger charge is -2.11. The van der Waals surface area contributed by atoms with Crippen LogP contribution < -0.4 is 0 Å². The van der Waals surface area contributed by atoms with Crippen LogP contribution in [0.15, 0.2) is 23.8 Å². The minimum Gasteiger partial charge on any atom is -0.478 e. The molecule has 20 heavy (non-hydrogen) atoms. The molecule has 1 rings (SSSR count). The van der Waals surface area contributed by atoms with Crippen LogP contribution in [-0.2, 0) is 9.53 Å². The summed E-state index contributed by atoms with van der Waals surface area (Å²) in [5.41, 5.74) is 1.16. The second-order valence-corrected chi connectivity index (χ2v) is 5.51. The van der Waals surface area contributed by atoms with Crippen LogP contribution in [0.25, 0.3) is 0 Å². The fourth-order valence-corrected chi connectivity index (χ4v) is 2.69. The Hall–Kier alpha value is -1.09. The first-order valence-corrected chi connectivity index (χ1v) is 7.91. The average molecular weight is 280 g/mol. The number of carboxylic acids is 1. The molecule has 1 heterocycles. The summed E-state index contributed by atoms with van der Waals surface area (Å²) in [6.45, 7) is 6.28. The van der Waals surface area contributed by atoms with Crippen LogP contribution in [0.2, 0.25) is 0 Å². The molecule has 0 aromatic carbocycles. The smallest absolute Gasteiger partial charge is 0.334 e. The molecule has 0 aromatic heterocycles. The zero-order valence-corrected chi connectivity index (χ0v) is 12.7. The summed E-state index contributed by atoms with van der Waals surface area (Å²) in [5.74, 6) is -0.859. The van der Waals surface area contributed by atoms with Gasteiger partial charge in [-0.2, -0.15) is 0 Å². The van der Waals surface area contributed by atoms with E-state index in [9.17, 15) is 9.90 Å². The van der Waals surface area contributed by atoms with Crippen molar-refractivity contribution in [2.24, 2.45) is 0 Å². The van der Waals surface area contributed by atoms with Crippen molar-refractivity contribution in [1.82, 2.24) is 0 Å². The molecule has 0 radical (unpaired) electrons. The van der Waals surface area contributed by atoms with E-state index in [0.717, 1.165) is 18.4 Å². The Morgan fingerprint density at radius 3 is 2.40 bits per heavy atom. The highest BCUT2D eigenvalue weighted by Crippen LogP contribution is 2.26. The van der Waals surface area contributed by atoms with Gasteiger partial charge in [-0.3, -0.25) is 0 Å². The Kier molecular flexibility index (Phi) is 8.28. The third-order valence-electron chi connectivity index (χ3n) is 3.90. The maximum Gasteiger partial charge on any atom is 0.334 e. The van der Waals surface area contributed by atoms with Gasteiger partial charge in [-0.05, 0) is 12.0 Å². The van der Waals surface area contributed by atoms with Crippen molar-refractivity contribution in [3.8, 4) is 0 Å². The summed E-state index contributed by atoms with van der Waals surface area (Å²) in [6, 6.07) is 0. The Morgan fingerprint density at radius 2 is 1.85 bits per heavy atom. The van der Waals surface area contributed by atoms with Crippen molar-refractivity contribution in [1.29, 1.82) is 0 Å². The predicted octanol–water partition coefficient (Wildman–Crippen LogP) is 4.48. The minimum absolute atomic E-state index is 0.236. The molecular formula is C17H28O3. The molecule has 1 N–H and O–H groups in total. The summed E-state index contributed by atoms with van der Waals surface area (Å²) < 4.78 is 5.56. The molecule has 1 atom stereocenters. The van der Waals surface area contributed by atoms with Crippen molar-refractivity contribution in [2.45, 2.75) is 70.8 Å².